The summed E-state index contributed by atoms with van der Waals surface area (Å²) in [6.45, 7) is 3.72. The van der Waals surface area contributed by atoms with Crippen LogP contribution in [0.2, 0.25) is 0 Å². The van der Waals surface area contributed by atoms with Gasteiger partial charge in [-0.1, -0.05) is 18.2 Å². The number of nitrogens with zero attached hydrogens (tertiary/aromatic N) is 4. The van der Waals surface area contributed by atoms with E-state index in [1.54, 1.807) is 48.5 Å². The second kappa shape index (κ2) is 10.1. The first kappa shape index (κ1) is 20.2. The molecule has 0 aliphatic carbocycles. The Morgan fingerprint density at radius 1 is 1.10 bits per heavy atom. The standard InChI is InChI=1S/C20H22N6O3/c1-2-29-12-6-11-21-19(27)15-7-5-8-16(13-15)23-20(28)17-9-3-4-10-18(17)26-14-22-24-25-26/h3-5,7-10,13-14H,2,6,11-12H2,1H3,(H,21,27)(H,23,28). The molecule has 1 aromatic heterocycles. The minimum atomic E-state index is -0.328. The number of para-hydroxylation sites is 1. The molecule has 2 amide bonds. The summed E-state index contributed by atoms with van der Waals surface area (Å²) in [4.78, 5) is 25.1. The van der Waals surface area contributed by atoms with Gasteiger partial charge in [0.2, 0.25) is 0 Å². The molecular weight excluding hydrogens is 372 g/mol. The van der Waals surface area contributed by atoms with E-state index in [9.17, 15) is 9.59 Å². The smallest absolute Gasteiger partial charge is 0.257 e. The Labute approximate surface area is 168 Å². The van der Waals surface area contributed by atoms with E-state index in [4.69, 9.17) is 4.74 Å². The van der Waals surface area contributed by atoms with Crippen molar-refractivity contribution in [1.82, 2.24) is 25.5 Å². The van der Waals surface area contributed by atoms with Crippen LogP contribution in [0.5, 0.6) is 0 Å². The Hall–Kier alpha value is -3.59. The van der Waals surface area contributed by atoms with Crippen molar-refractivity contribution in [2.45, 2.75) is 13.3 Å². The number of tetrazole rings is 1. The molecule has 29 heavy (non-hydrogen) atoms. The lowest BCUT2D eigenvalue weighted by molar-refractivity contribution is 0.0943. The van der Waals surface area contributed by atoms with Gasteiger partial charge in [-0.3, -0.25) is 9.59 Å². The highest BCUT2D eigenvalue weighted by Crippen LogP contribution is 2.16. The van der Waals surface area contributed by atoms with Crippen LogP contribution in [-0.4, -0.2) is 51.8 Å². The first-order valence-electron chi connectivity index (χ1n) is 9.28. The zero-order valence-electron chi connectivity index (χ0n) is 16.0. The fraction of sp³-hybridized carbons (Fsp3) is 0.250. The lowest BCUT2D eigenvalue weighted by Crippen LogP contribution is -2.25. The lowest BCUT2D eigenvalue weighted by Gasteiger charge is -2.11. The van der Waals surface area contributed by atoms with Crippen LogP contribution in [0, 0.1) is 0 Å². The zero-order valence-corrected chi connectivity index (χ0v) is 16.0. The molecule has 0 atom stereocenters. The van der Waals surface area contributed by atoms with Crippen LogP contribution in [0.4, 0.5) is 5.69 Å². The average molecular weight is 394 g/mol. The summed E-state index contributed by atoms with van der Waals surface area (Å²) in [5.74, 6) is -0.530. The van der Waals surface area contributed by atoms with Gasteiger partial charge in [-0.05, 0) is 54.1 Å². The van der Waals surface area contributed by atoms with Crippen LogP contribution >= 0.6 is 0 Å². The predicted octanol–water partition coefficient (Wildman–Crippen LogP) is 2.07. The van der Waals surface area contributed by atoms with Crippen LogP contribution in [-0.2, 0) is 4.74 Å². The maximum atomic E-state index is 12.8. The Kier molecular flexibility index (Phi) is 7.01. The van der Waals surface area contributed by atoms with Crippen molar-refractivity contribution in [3.8, 4) is 5.69 Å². The summed E-state index contributed by atoms with van der Waals surface area (Å²) >= 11 is 0. The Morgan fingerprint density at radius 3 is 2.76 bits per heavy atom. The van der Waals surface area contributed by atoms with Gasteiger partial charge in [-0.2, -0.15) is 4.68 Å². The fourth-order valence-corrected chi connectivity index (χ4v) is 2.70. The van der Waals surface area contributed by atoms with E-state index in [1.165, 1.54) is 11.0 Å². The fourth-order valence-electron chi connectivity index (χ4n) is 2.70. The molecule has 150 valence electrons. The quantitative estimate of drug-likeness (QED) is 0.538. The maximum Gasteiger partial charge on any atom is 0.257 e. The Balaban J connectivity index is 1.66. The number of hydrogen-bond acceptors (Lipinski definition) is 6. The van der Waals surface area contributed by atoms with Gasteiger partial charge in [0.25, 0.3) is 11.8 Å². The highest BCUT2D eigenvalue weighted by atomic mass is 16.5. The van der Waals surface area contributed by atoms with Gasteiger partial charge in [0.1, 0.15) is 6.33 Å². The van der Waals surface area contributed by atoms with Crippen LogP contribution in [0.15, 0.2) is 54.9 Å². The van der Waals surface area contributed by atoms with Gasteiger partial charge >= 0.3 is 0 Å². The van der Waals surface area contributed by atoms with E-state index in [0.29, 0.717) is 42.3 Å². The van der Waals surface area contributed by atoms with Crippen molar-refractivity contribution in [2.75, 3.05) is 25.1 Å². The summed E-state index contributed by atoms with van der Waals surface area (Å²) in [7, 11) is 0. The summed E-state index contributed by atoms with van der Waals surface area (Å²) in [5, 5.41) is 16.7. The maximum absolute atomic E-state index is 12.8. The first-order valence-corrected chi connectivity index (χ1v) is 9.28. The van der Waals surface area contributed by atoms with E-state index >= 15 is 0 Å². The van der Waals surface area contributed by atoms with Gasteiger partial charge in [0, 0.05) is 31.0 Å². The zero-order chi connectivity index (χ0) is 20.5. The molecule has 2 aromatic carbocycles. The highest BCUT2D eigenvalue weighted by Gasteiger charge is 2.14. The number of carbonyl (C=O) groups is 2. The average Bonchev–Trinajstić information content (AvgIpc) is 3.28. The normalized spacial score (nSPS) is 10.5. The summed E-state index contributed by atoms with van der Waals surface area (Å²) in [6, 6.07) is 13.8. The van der Waals surface area contributed by atoms with E-state index < -0.39 is 0 Å². The minimum Gasteiger partial charge on any atom is -0.382 e. The third kappa shape index (κ3) is 5.45. The van der Waals surface area contributed by atoms with Gasteiger partial charge in [-0.15, -0.1) is 5.10 Å². The van der Waals surface area contributed by atoms with Crippen molar-refractivity contribution in [3.63, 3.8) is 0 Å². The molecule has 0 bridgehead atoms. The van der Waals surface area contributed by atoms with Crippen LogP contribution in [0.1, 0.15) is 34.1 Å². The molecule has 0 radical (unpaired) electrons. The number of nitrogens with one attached hydrogen (secondary N) is 2. The van der Waals surface area contributed by atoms with Crippen LogP contribution in [0.3, 0.4) is 0 Å². The van der Waals surface area contributed by atoms with E-state index in [-0.39, 0.29) is 11.8 Å². The molecule has 0 aliphatic rings. The number of ether oxygens (including phenoxy) is 1. The number of anilines is 1. The first-order chi connectivity index (χ1) is 14.2. The largest absolute Gasteiger partial charge is 0.382 e. The third-order valence-corrected chi connectivity index (χ3v) is 4.08. The topological polar surface area (TPSA) is 111 Å². The van der Waals surface area contributed by atoms with Gasteiger partial charge < -0.3 is 15.4 Å². The van der Waals surface area contributed by atoms with Crippen molar-refractivity contribution in [3.05, 3.63) is 66.0 Å². The summed E-state index contributed by atoms with van der Waals surface area (Å²) in [5.41, 5.74) is 1.94. The van der Waals surface area contributed by atoms with Crippen molar-refractivity contribution < 1.29 is 14.3 Å². The highest BCUT2D eigenvalue weighted by molar-refractivity contribution is 6.07. The monoisotopic (exact) mass is 394 g/mol. The molecule has 0 aliphatic heterocycles. The van der Waals surface area contributed by atoms with Crippen LogP contribution in [0.25, 0.3) is 5.69 Å². The molecule has 3 rings (SSSR count). The van der Waals surface area contributed by atoms with Gasteiger partial charge in [0.15, 0.2) is 0 Å². The summed E-state index contributed by atoms with van der Waals surface area (Å²) < 4.78 is 6.67. The molecule has 3 aromatic rings. The molecular formula is C20H22N6O3. The number of benzene rings is 2. The molecule has 0 saturated carbocycles. The minimum absolute atomic E-state index is 0.202. The van der Waals surface area contributed by atoms with Crippen molar-refractivity contribution in [1.29, 1.82) is 0 Å². The number of carbonyl (C=O) groups excluding carboxylic acids is 2. The number of rotatable bonds is 9. The SMILES string of the molecule is CCOCCCNC(=O)c1cccc(NC(=O)c2ccccc2-n2cnnn2)c1. The number of amides is 2. The second-order valence-electron chi connectivity index (χ2n) is 6.11. The molecule has 0 fully saturated rings. The molecule has 0 unspecified atom stereocenters. The van der Waals surface area contributed by atoms with E-state index in [0.717, 1.165) is 6.42 Å². The Bertz CT molecular complexity index is 958. The van der Waals surface area contributed by atoms with Gasteiger partial charge in [0.05, 0.1) is 11.3 Å². The lowest BCUT2D eigenvalue weighted by atomic mass is 10.1. The van der Waals surface area contributed by atoms with Crippen molar-refractivity contribution >= 4 is 17.5 Å². The van der Waals surface area contributed by atoms with Gasteiger partial charge in [-0.25, -0.2) is 0 Å². The van der Waals surface area contributed by atoms with Crippen molar-refractivity contribution in [2.24, 2.45) is 0 Å². The molecule has 0 spiro atoms. The predicted molar refractivity (Wildman–Crippen MR) is 107 cm³/mol. The summed E-state index contributed by atoms with van der Waals surface area (Å²) in [6.07, 6.45) is 2.16. The molecule has 9 nitrogen and oxygen atoms in total. The molecule has 1 heterocycles. The molecule has 2 N–H and O–H groups in total. The van der Waals surface area contributed by atoms with Crippen LogP contribution < -0.4 is 10.6 Å². The molecule has 9 heteroatoms. The van der Waals surface area contributed by atoms with E-state index in [1.807, 2.05) is 6.92 Å². The molecule has 0 saturated heterocycles. The Morgan fingerprint density at radius 2 is 1.97 bits per heavy atom. The number of hydrogen-bond donors (Lipinski definition) is 2. The van der Waals surface area contributed by atoms with E-state index in [2.05, 4.69) is 26.2 Å². The third-order valence-electron chi connectivity index (χ3n) is 4.08. The number of aromatic nitrogens is 4. The second-order valence-corrected chi connectivity index (χ2v) is 6.11.